The first-order valence-electron chi connectivity index (χ1n) is 6.00. The van der Waals surface area contributed by atoms with Crippen LogP contribution in [0.4, 0.5) is 10.1 Å². The standard InChI is InChI=1S/C15H12FNO3S/c1-21-13-5-3-2-4-11(13)14(18)17-12-8-9(16)6-7-10(12)15(19)20/h2-8H,1H3,(H,17,18)(H,19,20). The molecule has 2 aromatic carbocycles. The third-order valence-electron chi connectivity index (χ3n) is 2.81. The Hall–Kier alpha value is -2.34. The Bertz CT molecular complexity index is 703. The van der Waals surface area contributed by atoms with Gasteiger partial charge in [-0.1, -0.05) is 12.1 Å². The van der Waals surface area contributed by atoms with Crippen molar-refractivity contribution in [3.63, 3.8) is 0 Å². The molecule has 4 nitrogen and oxygen atoms in total. The van der Waals surface area contributed by atoms with E-state index in [0.717, 1.165) is 23.1 Å². The summed E-state index contributed by atoms with van der Waals surface area (Å²) in [4.78, 5) is 24.1. The fourth-order valence-electron chi connectivity index (χ4n) is 1.83. The van der Waals surface area contributed by atoms with Crippen LogP contribution in [0.1, 0.15) is 20.7 Å². The van der Waals surface area contributed by atoms with Crippen molar-refractivity contribution in [2.24, 2.45) is 0 Å². The first-order valence-corrected chi connectivity index (χ1v) is 7.22. The predicted molar refractivity (Wildman–Crippen MR) is 79.5 cm³/mol. The molecular weight excluding hydrogens is 293 g/mol. The monoisotopic (exact) mass is 305 g/mol. The lowest BCUT2D eigenvalue weighted by Crippen LogP contribution is -2.15. The van der Waals surface area contributed by atoms with Gasteiger partial charge in [-0.25, -0.2) is 9.18 Å². The minimum Gasteiger partial charge on any atom is -0.478 e. The number of carbonyl (C=O) groups is 2. The van der Waals surface area contributed by atoms with Crippen LogP contribution in [0, 0.1) is 5.82 Å². The summed E-state index contributed by atoms with van der Waals surface area (Å²) in [7, 11) is 0. The van der Waals surface area contributed by atoms with Crippen molar-refractivity contribution in [2.75, 3.05) is 11.6 Å². The number of benzene rings is 2. The molecular formula is C15H12FNO3S. The maximum Gasteiger partial charge on any atom is 0.337 e. The molecule has 0 atom stereocenters. The average molecular weight is 305 g/mol. The summed E-state index contributed by atoms with van der Waals surface area (Å²) in [5.74, 6) is -2.33. The van der Waals surface area contributed by atoms with Gasteiger partial charge in [-0.2, -0.15) is 0 Å². The molecule has 0 heterocycles. The number of hydrogen-bond acceptors (Lipinski definition) is 3. The number of amides is 1. The van der Waals surface area contributed by atoms with Crippen LogP contribution in [0.3, 0.4) is 0 Å². The SMILES string of the molecule is CSc1ccccc1C(=O)Nc1cc(F)ccc1C(=O)O. The van der Waals surface area contributed by atoms with Gasteiger partial charge in [-0.05, 0) is 36.6 Å². The lowest BCUT2D eigenvalue weighted by Gasteiger charge is -2.10. The van der Waals surface area contributed by atoms with Gasteiger partial charge in [0.25, 0.3) is 5.91 Å². The van der Waals surface area contributed by atoms with E-state index in [9.17, 15) is 14.0 Å². The van der Waals surface area contributed by atoms with E-state index in [1.54, 1.807) is 24.3 Å². The van der Waals surface area contributed by atoms with Crippen LogP contribution in [-0.4, -0.2) is 23.2 Å². The first-order chi connectivity index (χ1) is 10.0. The molecule has 0 aromatic heterocycles. The second-order valence-corrected chi connectivity index (χ2v) is 5.00. The Morgan fingerprint density at radius 2 is 1.86 bits per heavy atom. The van der Waals surface area contributed by atoms with Crippen molar-refractivity contribution in [3.8, 4) is 0 Å². The van der Waals surface area contributed by atoms with Gasteiger partial charge < -0.3 is 10.4 Å². The molecule has 0 bridgehead atoms. The number of aromatic carboxylic acids is 1. The molecule has 0 aliphatic rings. The second kappa shape index (κ2) is 6.41. The molecule has 2 rings (SSSR count). The molecule has 0 unspecified atom stereocenters. The molecule has 6 heteroatoms. The van der Waals surface area contributed by atoms with Gasteiger partial charge in [-0.3, -0.25) is 4.79 Å². The lowest BCUT2D eigenvalue weighted by atomic mass is 10.1. The maximum absolute atomic E-state index is 13.3. The molecule has 21 heavy (non-hydrogen) atoms. The molecule has 0 spiro atoms. The molecule has 0 saturated heterocycles. The molecule has 108 valence electrons. The fourth-order valence-corrected chi connectivity index (χ4v) is 2.42. The zero-order valence-corrected chi connectivity index (χ0v) is 11.9. The number of carboxylic acid groups (broad SMARTS) is 1. The molecule has 2 aromatic rings. The highest BCUT2D eigenvalue weighted by molar-refractivity contribution is 7.98. The number of hydrogen-bond donors (Lipinski definition) is 2. The van der Waals surface area contributed by atoms with E-state index < -0.39 is 17.7 Å². The van der Waals surface area contributed by atoms with Crippen LogP contribution in [0.25, 0.3) is 0 Å². The Balaban J connectivity index is 2.36. The van der Waals surface area contributed by atoms with Crippen molar-refractivity contribution in [1.29, 1.82) is 0 Å². The summed E-state index contributed by atoms with van der Waals surface area (Å²) in [6, 6.07) is 10.1. The lowest BCUT2D eigenvalue weighted by molar-refractivity contribution is 0.0698. The van der Waals surface area contributed by atoms with E-state index in [-0.39, 0.29) is 11.3 Å². The summed E-state index contributed by atoms with van der Waals surface area (Å²) >= 11 is 1.40. The van der Waals surface area contributed by atoms with Gasteiger partial charge in [0.1, 0.15) is 5.82 Å². The summed E-state index contributed by atoms with van der Waals surface area (Å²) in [6.45, 7) is 0. The quantitative estimate of drug-likeness (QED) is 0.848. The van der Waals surface area contributed by atoms with E-state index >= 15 is 0 Å². The maximum atomic E-state index is 13.3. The van der Waals surface area contributed by atoms with Crippen molar-refractivity contribution in [2.45, 2.75) is 4.90 Å². The Kier molecular flexibility index (Phi) is 4.59. The van der Waals surface area contributed by atoms with E-state index in [2.05, 4.69) is 5.32 Å². The van der Waals surface area contributed by atoms with Crippen LogP contribution in [0.5, 0.6) is 0 Å². The van der Waals surface area contributed by atoms with Crippen molar-refractivity contribution >= 4 is 29.3 Å². The van der Waals surface area contributed by atoms with Gasteiger partial charge in [0.15, 0.2) is 0 Å². The number of carboxylic acids is 1. The Morgan fingerprint density at radius 1 is 1.14 bits per heavy atom. The third kappa shape index (κ3) is 3.41. The molecule has 2 N–H and O–H groups in total. The van der Waals surface area contributed by atoms with E-state index in [1.165, 1.54) is 11.8 Å². The zero-order chi connectivity index (χ0) is 15.4. The molecule has 0 saturated carbocycles. The highest BCUT2D eigenvalue weighted by Gasteiger charge is 2.16. The van der Waals surface area contributed by atoms with Crippen LogP contribution in [-0.2, 0) is 0 Å². The topological polar surface area (TPSA) is 66.4 Å². The highest BCUT2D eigenvalue weighted by Crippen LogP contribution is 2.23. The predicted octanol–water partition coefficient (Wildman–Crippen LogP) is 3.50. The van der Waals surface area contributed by atoms with E-state index in [1.807, 2.05) is 6.26 Å². The highest BCUT2D eigenvalue weighted by atomic mass is 32.2. The summed E-state index contributed by atoms with van der Waals surface area (Å²) in [5.41, 5.74) is 0.181. The molecule has 1 amide bonds. The van der Waals surface area contributed by atoms with Gasteiger partial charge >= 0.3 is 5.97 Å². The minimum atomic E-state index is -1.23. The van der Waals surface area contributed by atoms with E-state index in [4.69, 9.17) is 5.11 Å². The normalized spacial score (nSPS) is 10.2. The van der Waals surface area contributed by atoms with Crippen LogP contribution in [0.15, 0.2) is 47.4 Å². The van der Waals surface area contributed by atoms with Crippen molar-refractivity contribution < 1.29 is 19.1 Å². The van der Waals surface area contributed by atoms with Gasteiger partial charge in [0, 0.05) is 4.90 Å². The van der Waals surface area contributed by atoms with Crippen molar-refractivity contribution in [1.82, 2.24) is 0 Å². The number of nitrogens with one attached hydrogen (secondary N) is 1. The summed E-state index contributed by atoms with van der Waals surface area (Å²) in [5, 5.41) is 11.5. The number of anilines is 1. The van der Waals surface area contributed by atoms with E-state index in [0.29, 0.717) is 5.56 Å². The van der Waals surface area contributed by atoms with Gasteiger partial charge in [0.2, 0.25) is 0 Å². The average Bonchev–Trinajstić information content (AvgIpc) is 2.46. The molecule has 0 radical (unpaired) electrons. The zero-order valence-electron chi connectivity index (χ0n) is 11.1. The van der Waals surface area contributed by atoms with Gasteiger partial charge in [0.05, 0.1) is 16.8 Å². The first kappa shape index (κ1) is 15.1. The summed E-state index contributed by atoms with van der Waals surface area (Å²) in [6.07, 6.45) is 1.83. The van der Waals surface area contributed by atoms with Crippen LogP contribution < -0.4 is 5.32 Å². The number of thioether (sulfide) groups is 1. The third-order valence-corrected chi connectivity index (χ3v) is 3.61. The Labute approximate surface area is 125 Å². The smallest absolute Gasteiger partial charge is 0.337 e. The largest absolute Gasteiger partial charge is 0.478 e. The molecule has 0 fully saturated rings. The number of halogens is 1. The Morgan fingerprint density at radius 3 is 2.52 bits per heavy atom. The fraction of sp³-hybridized carbons (Fsp3) is 0.0667. The second-order valence-electron chi connectivity index (χ2n) is 4.15. The van der Waals surface area contributed by atoms with Gasteiger partial charge in [-0.15, -0.1) is 11.8 Å². The van der Waals surface area contributed by atoms with Crippen molar-refractivity contribution in [3.05, 3.63) is 59.4 Å². The number of carbonyl (C=O) groups excluding carboxylic acids is 1. The summed E-state index contributed by atoms with van der Waals surface area (Å²) < 4.78 is 13.3. The molecule has 0 aliphatic heterocycles. The number of rotatable bonds is 4. The van der Waals surface area contributed by atoms with Crippen LogP contribution in [0.2, 0.25) is 0 Å². The van der Waals surface area contributed by atoms with Crippen LogP contribution >= 0.6 is 11.8 Å². The molecule has 0 aliphatic carbocycles. The minimum absolute atomic E-state index is 0.0663.